The molecule has 0 atom stereocenters. The van der Waals surface area contributed by atoms with Crippen molar-refractivity contribution in [1.82, 2.24) is 25.0 Å². The van der Waals surface area contributed by atoms with Crippen LogP contribution in [0.4, 0.5) is 5.82 Å². The molecule has 1 saturated carbocycles. The Morgan fingerprint density at radius 2 is 1.89 bits per heavy atom. The summed E-state index contributed by atoms with van der Waals surface area (Å²) in [6.07, 6.45) is 5.69. The number of nitrogens with two attached hydrogens (primary N) is 1. The molecule has 4 rings (SSSR count). The van der Waals surface area contributed by atoms with E-state index in [0.29, 0.717) is 11.7 Å². The summed E-state index contributed by atoms with van der Waals surface area (Å²) in [6, 6.07) is 5.87. The molecular weight excluding hydrogens is 240 g/mol. The summed E-state index contributed by atoms with van der Waals surface area (Å²) in [5.41, 5.74) is 9.57. The number of hydrogen-bond acceptors (Lipinski definition) is 5. The van der Waals surface area contributed by atoms with Crippen molar-refractivity contribution in [2.24, 2.45) is 0 Å². The van der Waals surface area contributed by atoms with Gasteiger partial charge in [0.05, 0.1) is 22.4 Å². The standard InChI is InChI=1S/C13H12N6/c14-13-12(8-1-2-8)19(18-17-13)9-3-4-10-11(7-9)16-6-5-15-10/h3-8H,1-2,14H2. The molecule has 1 fully saturated rings. The molecule has 94 valence electrons. The van der Waals surface area contributed by atoms with Crippen molar-refractivity contribution < 1.29 is 0 Å². The number of anilines is 1. The predicted molar refractivity (Wildman–Crippen MR) is 70.8 cm³/mol. The molecule has 0 amide bonds. The molecule has 1 aliphatic rings. The van der Waals surface area contributed by atoms with Crippen LogP contribution in [0.3, 0.4) is 0 Å². The zero-order valence-electron chi connectivity index (χ0n) is 10.2. The Morgan fingerprint density at radius 1 is 1.11 bits per heavy atom. The second-order valence-electron chi connectivity index (χ2n) is 4.78. The van der Waals surface area contributed by atoms with Gasteiger partial charge in [-0.05, 0) is 31.0 Å². The van der Waals surface area contributed by atoms with Gasteiger partial charge < -0.3 is 5.73 Å². The Bertz CT molecular complexity index is 759. The number of rotatable bonds is 2. The van der Waals surface area contributed by atoms with Gasteiger partial charge >= 0.3 is 0 Å². The van der Waals surface area contributed by atoms with Gasteiger partial charge in [0, 0.05) is 18.3 Å². The van der Waals surface area contributed by atoms with Crippen LogP contribution in [0, 0.1) is 0 Å². The summed E-state index contributed by atoms with van der Waals surface area (Å²) in [6.45, 7) is 0. The van der Waals surface area contributed by atoms with E-state index in [4.69, 9.17) is 5.73 Å². The molecular formula is C13H12N6. The van der Waals surface area contributed by atoms with E-state index in [1.807, 2.05) is 22.9 Å². The lowest BCUT2D eigenvalue weighted by Crippen LogP contribution is -2.03. The van der Waals surface area contributed by atoms with Gasteiger partial charge in [-0.15, -0.1) is 5.10 Å². The zero-order valence-corrected chi connectivity index (χ0v) is 10.2. The van der Waals surface area contributed by atoms with E-state index in [-0.39, 0.29) is 0 Å². The molecule has 2 aromatic heterocycles. The number of nitrogen functional groups attached to an aromatic ring is 1. The Hall–Kier alpha value is -2.50. The van der Waals surface area contributed by atoms with Crippen molar-refractivity contribution in [1.29, 1.82) is 0 Å². The quantitative estimate of drug-likeness (QED) is 0.750. The Balaban J connectivity index is 1.90. The number of aromatic nitrogens is 5. The summed E-state index contributed by atoms with van der Waals surface area (Å²) >= 11 is 0. The molecule has 6 nitrogen and oxygen atoms in total. The fourth-order valence-electron chi connectivity index (χ4n) is 2.31. The Kier molecular flexibility index (Phi) is 2.05. The number of hydrogen-bond donors (Lipinski definition) is 1. The lowest BCUT2D eigenvalue weighted by Gasteiger charge is -2.06. The van der Waals surface area contributed by atoms with Crippen LogP contribution >= 0.6 is 0 Å². The maximum atomic E-state index is 5.91. The normalized spacial score (nSPS) is 14.9. The minimum Gasteiger partial charge on any atom is -0.381 e. The van der Waals surface area contributed by atoms with Crippen LogP contribution in [0.15, 0.2) is 30.6 Å². The van der Waals surface area contributed by atoms with E-state index in [1.54, 1.807) is 12.4 Å². The highest BCUT2D eigenvalue weighted by Crippen LogP contribution is 2.42. The minimum atomic E-state index is 0.493. The highest BCUT2D eigenvalue weighted by atomic mass is 15.4. The lowest BCUT2D eigenvalue weighted by atomic mass is 10.2. The molecule has 1 aliphatic carbocycles. The fourth-order valence-corrected chi connectivity index (χ4v) is 2.31. The second-order valence-corrected chi connectivity index (χ2v) is 4.78. The number of nitrogens with zero attached hydrogens (tertiary/aromatic N) is 5. The topological polar surface area (TPSA) is 82.5 Å². The van der Waals surface area contributed by atoms with Gasteiger partial charge in [-0.3, -0.25) is 9.97 Å². The first kappa shape index (κ1) is 10.4. The number of benzene rings is 1. The van der Waals surface area contributed by atoms with Crippen molar-refractivity contribution in [3.05, 3.63) is 36.3 Å². The van der Waals surface area contributed by atoms with Crippen molar-refractivity contribution in [3.63, 3.8) is 0 Å². The highest BCUT2D eigenvalue weighted by molar-refractivity contribution is 5.76. The SMILES string of the molecule is Nc1nnn(-c2ccc3nccnc3c2)c1C1CC1. The van der Waals surface area contributed by atoms with E-state index in [9.17, 15) is 0 Å². The lowest BCUT2D eigenvalue weighted by molar-refractivity contribution is 0.764. The van der Waals surface area contributed by atoms with Crippen LogP contribution in [0.25, 0.3) is 16.7 Å². The van der Waals surface area contributed by atoms with Crippen LogP contribution in [0.1, 0.15) is 24.5 Å². The van der Waals surface area contributed by atoms with Crippen molar-refractivity contribution in [2.45, 2.75) is 18.8 Å². The molecule has 2 N–H and O–H groups in total. The fraction of sp³-hybridized carbons (Fsp3) is 0.231. The summed E-state index contributed by atoms with van der Waals surface area (Å²) in [5, 5.41) is 8.14. The highest BCUT2D eigenvalue weighted by Gasteiger charge is 2.31. The van der Waals surface area contributed by atoms with Gasteiger partial charge in [0.15, 0.2) is 5.82 Å². The van der Waals surface area contributed by atoms with Crippen molar-refractivity contribution in [2.75, 3.05) is 5.73 Å². The molecule has 0 aliphatic heterocycles. The summed E-state index contributed by atoms with van der Waals surface area (Å²) < 4.78 is 1.82. The van der Waals surface area contributed by atoms with Gasteiger partial charge in [-0.2, -0.15) is 0 Å². The number of fused-ring (bicyclic) bond motifs is 1. The maximum absolute atomic E-state index is 5.91. The van der Waals surface area contributed by atoms with Crippen LogP contribution in [-0.4, -0.2) is 25.0 Å². The third kappa shape index (κ3) is 1.64. The van der Waals surface area contributed by atoms with Gasteiger partial charge in [-0.25, -0.2) is 4.68 Å². The monoisotopic (exact) mass is 252 g/mol. The molecule has 6 heteroatoms. The Morgan fingerprint density at radius 3 is 2.68 bits per heavy atom. The van der Waals surface area contributed by atoms with E-state index in [1.165, 1.54) is 0 Å². The van der Waals surface area contributed by atoms with E-state index < -0.39 is 0 Å². The summed E-state index contributed by atoms with van der Waals surface area (Å²) in [5.74, 6) is 1.02. The van der Waals surface area contributed by atoms with Crippen LogP contribution < -0.4 is 5.73 Å². The van der Waals surface area contributed by atoms with E-state index >= 15 is 0 Å². The first-order valence-corrected chi connectivity index (χ1v) is 6.25. The van der Waals surface area contributed by atoms with E-state index in [0.717, 1.165) is 35.3 Å². The third-order valence-electron chi connectivity index (χ3n) is 3.39. The van der Waals surface area contributed by atoms with Crippen LogP contribution in [0.5, 0.6) is 0 Å². The molecule has 1 aromatic carbocycles. The van der Waals surface area contributed by atoms with Gasteiger partial charge in [0.2, 0.25) is 0 Å². The smallest absolute Gasteiger partial charge is 0.169 e. The average molecular weight is 252 g/mol. The predicted octanol–water partition coefficient (Wildman–Crippen LogP) is 1.67. The van der Waals surface area contributed by atoms with Crippen molar-refractivity contribution in [3.8, 4) is 5.69 Å². The first-order chi connectivity index (χ1) is 9.33. The molecule has 19 heavy (non-hydrogen) atoms. The second kappa shape index (κ2) is 3.74. The van der Waals surface area contributed by atoms with Gasteiger partial charge in [0.25, 0.3) is 0 Å². The third-order valence-corrected chi connectivity index (χ3v) is 3.39. The zero-order chi connectivity index (χ0) is 12.8. The van der Waals surface area contributed by atoms with Gasteiger partial charge in [-0.1, -0.05) is 5.21 Å². The molecule has 3 aromatic rings. The largest absolute Gasteiger partial charge is 0.381 e. The van der Waals surface area contributed by atoms with E-state index in [2.05, 4.69) is 20.3 Å². The van der Waals surface area contributed by atoms with Crippen LogP contribution in [0.2, 0.25) is 0 Å². The molecule has 0 spiro atoms. The Labute approximate surface area is 109 Å². The maximum Gasteiger partial charge on any atom is 0.169 e. The molecule has 0 unspecified atom stereocenters. The molecule has 0 saturated heterocycles. The molecule has 0 bridgehead atoms. The first-order valence-electron chi connectivity index (χ1n) is 6.25. The average Bonchev–Trinajstić information content (AvgIpc) is 3.21. The molecule has 0 radical (unpaired) electrons. The summed E-state index contributed by atoms with van der Waals surface area (Å²) in [7, 11) is 0. The van der Waals surface area contributed by atoms with Gasteiger partial charge in [0.1, 0.15) is 0 Å². The minimum absolute atomic E-state index is 0.493. The summed E-state index contributed by atoms with van der Waals surface area (Å²) in [4.78, 5) is 8.57. The van der Waals surface area contributed by atoms with Crippen molar-refractivity contribution >= 4 is 16.9 Å². The van der Waals surface area contributed by atoms with Crippen LogP contribution in [-0.2, 0) is 0 Å². The molecule has 2 heterocycles.